The van der Waals surface area contributed by atoms with E-state index in [-0.39, 0.29) is 16.3 Å². The SMILES string of the molecule is COc1c(Cl)ccc(Cl)c1C(=O)NOCCN1CCCCC1. The van der Waals surface area contributed by atoms with E-state index in [1.54, 1.807) is 12.1 Å². The molecule has 1 aliphatic heterocycles. The molecule has 22 heavy (non-hydrogen) atoms. The number of carbonyl (C=O) groups excluding carboxylic acids is 1. The molecule has 0 aromatic heterocycles. The Hall–Kier alpha value is -1.01. The molecule has 0 unspecified atom stereocenters. The van der Waals surface area contributed by atoms with Crippen LogP contribution in [0.3, 0.4) is 0 Å². The van der Waals surface area contributed by atoms with Crippen molar-refractivity contribution in [2.75, 3.05) is 33.4 Å². The number of likely N-dealkylation sites (tertiary alicyclic amines) is 1. The van der Waals surface area contributed by atoms with Crippen molar-refractivity contribution in [1.29, 1.82) is 0 Å². The maximum Gasteiger partial charge on any atom is 0.280 e. The molecule has 0 saturated carbocycles. The molecule has 0 radical (unpaired) electrons. The lowest BCUT2D eigenvalue weighted by atomic mass is 10.1. The van der Waals surface area contributed by atoms with Gasteiger partial charge in [-0.1, -0.05) is 29.6 Å². The lowest BCUT2D eigenvalue weighted by Crippen LogP contribution is -2.35. The highest BCUT2D eigenvalue weighted by Gasteiger charge is 2.19. The third-order valence-corrected chi connectivity index (χ3v) is 4.23. The largest absolute Gasteiger partial charge is 0.494 e. The Labute approximate surface area is 140 Å². The summed E-state index contributed by atoms with van der Waals surface area (Å²) in [5.41, 5.74) is 2.57. The predicted octanol–water partition coefficient (Wildman–Crippen LogP) is 3.15. The normalized spacial score (nSPS) is 15.6. The first-order valence-electron chi connectivity index (χ1n) is 7.30. The molecule has 1 saturated heterocycles. The fourth-order valence-electron chi connectivity index (χ4n) is 2.47. The van der Waals surface area contributed by atoms with Crippen LogP contribution in [0.15, 0.2) is 12.1 Å². The fraction of sp³-hybridized carbons (Fsp3) is 0.533. The van der Waals surface area contributed by atoms with Gasteiger partial charge in [-0.05, 0) is 38.1 Å². The van der Waals surface area contributed by atoms with Crippen LogP contribution in [0, 0.1) is 0 Å². The van der Waals surface area contributed by atoms with Gasteiger partial charge in [-0.3, -0.25) is 9.63 Å². The zero-order valence-electron chi connectivity index (χ0n) is 12.5. The second-order valence-electron chi connectivity index (χ2n) is 5.12. The number of halogens is 2. The summed E-state index contributed by atoms with van der Waals surface area (Å²) >= 11 is 12.0. The first-order valence-corrected chi connectivity index (χ1v) is 8.05. The first kappa shape index (κ1) is 17.3. The Morgan fingerprint density at radius 3 is 2.59 bits per heavy atom. The summed E-state index contributed by atoms with van der Waals surface area (Å²) in [5, 5.41) is 0.587. The lowest BCUT2D eigenvalue weighted by Gasteiger charge is -2.25. The molecule has 7 heteroatoms. The van der Waals surface area contributed by atoms with Crippen LogP contribution >= 0.6 is 23.2 Å². The first-order chi connectivity index (χ1) is 10.6. The molecule has 5 nitrogen and oxygen atoms in total. The molecule has 1 N–H and O–H groups in total. The Morgan fingerprint density at radius 2 is 1.91 bits per heavy atom. The average Bonchev–Trinajstić information content (AvgIpc) is 2.54. The van der Waals surface area contributed by atoms with Crippen LogP contribution in [0.1, 0.15) is 29.6 Å². The van der Waals surface area contributed by atoms with Gasteiger partial charge in [0, 0.05) is 6.54 Å². The maximum atomic E-state index is 12.2. The smallest absolute Gasteiger partial charge is 0.280 e. The molecule has 0 aliphatic carbocycles. The number of nitrogens with zero attached hydrogens (tertiary/aromatic N) is 1. The van der Waals surface area contributed by atoms with Crippen molar-refractivity contribution >= 4 is 29.1 Å². The van der Waals surface area contributed by atoms with Crippen molar-refractivity contribution in [3.63, 3.8) is 0 Å². The van der Waals surface area contributed by atoms with Crippen LogP contribution in [0.5, 0.6) is 5.75 Å². The Kier molecular flexibility index (Phi) is 6.76. The van der Waals surface area contributed by atoms with Crippen molar-refractivity contribution < 1.29 is 14.4 Å². The van der Waals surface area contributed by atoms with Crippen molar-refractivity contribution in [2.45, 2.75) is 19.3 Å². The molecule has 1 fully saturated rings. The van der Waals surface area contributed by atoms with E-state index in [4.69, 9.17) is 32.8 Å². The number of piperidine rings is 1. The second kappa shape index (κ2) is 8.58. The molecule has 1 aromatic rings. The van der Waals surface area contributed by atoms with Crippen molar-refractivity contribution in [3.8, 4) is 5.75 Å². The predicted molar refractivity (Wildman–Crippen MR) is 86.7 cm³/mol. The highest BCUT2D eigenvalue weighted by molar-refractivity contribution is 6.37. The van der Waals surface area contributed by atoms with Crippen LogP contribution in [-0.4, -0.2) is 44.2 Å². The summed E-state index contributed by atoms with van der Waals surface area (Å²) in [4.78, 5) is 19.7. The summed E-state index contributed by atoms with van der Waals surface area (Å²) in [5.74, 6) is -0.228. The highest BCUT2D eigenvalue weighted by atomic mass is 35.5. The monoisotopic (exact) mass is 346 g/mol. The number of rotatable bonds is 6. The molecule has 122 valence electrons. The molecular formula is C15H20Cl2N2O3. The van der Waals surface area contributed by atoms with E-state index in [1.165, 1.54) is 26.4 Å². The van der Waals surface area contributed by atoms with Gasteiger partial charge < -0.3 is 9.64 Å². The fourth-order valence-corrected chi connectivity index (χ4v) is 2.94. The molecule has 0 spiro atoms. The summed E-state index contributed by atoms with van der Waals surface area (Å²) in [6.45, 7) is 3.39. The number of hydrogen-bond donors (Lipinski definition) is 1. The molecule has 1 aliphatic rings. The number of amides is 1. The van der Waals surface area contributed by atoms with Crippen molar-refractivity contribution in [3.05, 3.63) is 27.7 Å². The number of hydroxylamine groups is 1. The van der Waals surface area contributed by atoms with E-state index in [1.807, 2.05) is 0 Å². The number of hydrogen-bond acceptors (Lipinski definition) is 4. The number of carbonyl (C=O) groups is 1. The van der Waals surface area contributed by atoms with Crippen LogP contribution < -0.4 is 10.2 Å². The van der Waals surface area contributed by atoms with Gasteiger partial charge in [-0.15, -0.1) is 0 Å². The van der Waals surface area contributed by atoms with Gasteiger partial charge in [0.1, 0.15) is 5.56 Å². The van der Waals surface area contributed by atoms with E-state index in [2.05, 4.69) is 10.4 Å². The number of methoxy groups -OCH3 is 1. The minimum atomic E-state index is -0.469. The number of nitrogens with one attached hydrogen (secondary N) is 1. The Balaban J connectivity index is 1.86. The minimum Gasteiger partial charge on any atom is -0.494 e. The van der Waals surface area contributed by atoms with Gasteiger partial charge in [-0.25, -0.2) is 5.48 Å². The minimum absolute atomic E-state index is 0.176. The Morgan fingerprint density at radius 1 is 1.23 bits per heavy atom. The van der Waals surface area contributed by atoms with E-state index < -0.39 is 5.91 Å². The molecule has 1 amide bonds. The van der Waals surface area contributed by atoms with Gasteiger partial charge in [0.15, 0.2) is 5.75 Å². The van der Waals surface area contributed by atoms with E-state index >= 15 is 0 Å². The third-order valence-electron chi connectivity index (χ3n) is 3.61. The maximum absolute atomic E-state index is 12.2. The van der Waals surface area contributed by atoms with Gasteiger partial charge >= 0.3 is 0 Å². The molecular weight excluding hydrogens is 327 g/mol. The average molecular weight is 347 g/mol. The van der Waals surface area contributed by atoms with Gasteiger partial charge in [0.05, 0.1) is 23.8 Å². The third kappa shape index (κ3) is 4.49. The van der Waals surface area contributed by atoms with Crippen molar-refractivity contribution in [1.82, 2.24) is 10.4 Å². The highest BCUT2D eigenvalue weighted by Crippen LogP contribution is 2.33. The van der Waals surface area contributed by atoms with Crippen LogP contribution in [0.4, 0.5) is 0 Å². The van der Waals surface area contributed by atoms with E-state index in [9.17, 15) is 4.79 Å². The molecule has 2 rings (SSSR count). The molecule has 0 bridgehead atoms. The quantitative estimate of drug-likeness (QED) is 0.635. The number of ether oxygens (including phenoxy) is 1. The summed E-state index contributed by atoms with van der Waals surface area (Å²) in [6.07, 6.45) is 3.74. The zero-order chi connectivity index (χ0) is 15.9. The summed E-state index contributed by atoms with van der Waals surface area (Å²) < 4.78 is 5.14. The van der Waals surface area contributed by atoms with E-state index in [0.717, 1.165) is 19.6 Å². The lowest BCUT2D eigenvalue weighted by molar-refractivity contribution is 0.0204. The zero-order valence-corrected chi connectivity index (χ0v) is 14.0. The van der Waals surface area contributed by atoms with Crippen molar-refractivity contribution in [2.24, 2.45) is 0 Å². The van der Waals surface area contributed by atoms with Gasteiger partial charge in [0.2, 0.25) is 0 Å². The molecule has 1 aromatic carbocycles. The van der Waals surface area contributed by atoms with Crippen LogP contribution in [0.25, 0.3) is 0 Å². The molecule has 0 atom stereocenters. The standard InChI is InChI=1S/C15H20Cl2N2O3/c1-21-14-12(17)6-5-11(16)13(14)15(20)18-22-10-9-19-7-3-2-4-8-19/h5-6H,2-4,7-10H2,1H3,(H,18,20). The number of benzene rings is 1. The van der Waals surface area contributed by atoms with Gasteiger partial charge in [0.25, 0.3) is 5.91 Å². The summed E-state index contributed by atoms with van der Waals surface area (Å²) in [7, 11) is 1.44. The Bertz CT molecular complexity index is 520. The van der Waals surface area contributed by atoms with Crippen LogP contribution in [-0.2, 0) is 4.84 Å². The summed E-state index contributed by atoms with van der Waals surface area (Å²) in [6, 6.07) is 3.13. The topological polar surface area (TPSA) is 50.8 Å². The molecule has 1 heterocycles. The van der Waals surface area contributed by atoms with E-state index in [0.29, 0.717) is 11.6 Å². The van der Waals surface area contributed by atoms with Gasteiger partial charge in [-0.2, -0.15) is 0 Å². The van der Waals surface area contributed by atoms with Crippen LogP contribution in [0.2, 0.25) is 10.0 Å². The second-order valence-corrected chi connectivity index (χ2v) is 5.93.